The van der Waals surface area contributed by atoms with Crippen LogP contribution in [-0.2, 0) is 20.6 Å². The number of rotatable bonds is 7. The maximum Gasteiger partial charge on any atom is 0.410 e. The summed E-state index contributed by atoms with van der Waals surface area (Å²) in [5.74, 6) is -1.77. The van der Waals surface area contributed by atoms with Crippen molar-refractivity contribution in [2.24, 2.45) is 0 Å². The predicted molar refractivity (Wildman–Crippen MR) is 105 cm³/mol. The van der Waals surface area contributed by atoms with Gasteiger partial charge in [-0.3, -0.25) is 15.0 Å². The van der Waals surface area contributed by atoms with Crippen molar-refractivity contribution in [1.29, 1.82) is 0 Å². The second-order valence-corrected chi connectivity index (χ2v) is 8.24. The van der Waals surface area contributed by atoms with Crippen molar-refractivity contribution in [1.82, 2.24) is 4.90 Å². The molecule has 0 aliphatic carbocycles. The molecule has 1 fully saturated rings. The number of nitrogens with zero attached hydrogens (tertiary/aromatic N) is 2. The molecule has 2 rings (SSSR count). The van der Waals surface area contributed by atoms with Crippen LogP contribution in [0.3, 0.4) is 0 Å². The van der Waals surface area contributed by atoms with E-state index in [9.17, 15) is 28.8 Å². The van der Waals surface area contributed by atoms with Gasteiger partial charge in [-0.15, -0.1) is 0 Å². The zero-order valence-electron chi connectivity index (χ0n) is 17.9. The van der Waals surface area contributed by atoms with Gasteiger partial charge in [0, 0.05) is 24.0 Å². The summed E-state index contributed by atoms with van der Waals surface area (Å²) in [6, 6.07) is -0.210. The lowest BCUT2D eigenvalue weighted by molar-refractivity contribution is -0.536. The molecule has 4 atom stereocenters. The highest BCUT2D eigenvalue weighted by Gasteiger charge is 2.45. The summed E-state index contributed by atoms with van der Waals surface area (Å²) in [6.07, 6.45) is -3.72. The van der Waals surface area contributed by atoms with Gasteiger partial charge in [-0.1, -0.05) is 0 Å². The number of nitro groups is 1. The Labute approximate surface area is 179 Å². The number of hydrogen-bond acceptors (Lipinski definition) is 7. The number of halogens is 2. The number of carbonyl (C=O) groups is 1. The molecule has 11 heteroatoms. The molecular weight excluding hydrogens is 418 g/mol. The number of carbonyl (C=O) groups excluding carboxylic acids is 1. The second kappa shape index (κ2) is 10.3. The minimum atomic E-state index is -1.70. The van der Waals surface area contributed by atoms with E-state index in [2.05, 4.69) is 0 Å². The highest BCUT2D eigenvalue weighted by molar-refractivity contribution is 5.69. The van der Waals surface area contributed by atoms with E-state index in [1.807, 2.05) is 0 Å². The van der Waals surface area contributed by atoms with E-state index in [1.54, 1.807) is 27.7 Å². The van der Waals surface area contributed by atoms with E-state index in [-0.39, 0.29) is 18.7 Å². The van der Waals surface area contributed by atoms with Crippen LogP contribution in [0.15, 0.2) is 18.2 Å². The zero-order valence-corrected chi connectivity index (χ0v) is 17.9. The number of morpholine rings is 1. The van der Waals surface area contributed by atoms with Gasteiger partial charge in [0.15, 0.2) is 6.29 Å². The van der Waals surface area contributed by atoms with Crippen molar-refractivity contribution in [3.8, 4) is 0 Å². The van der Waals surface area contributed by atoms with Gasteiger partial charge < -0.3 is 19.3 Å². The van der Waals surface area contributed by atoms with E-state index in [0.717, 1.165) is 17.0 Å². The largest absolute Gasteiger partial charge is 0.444 e. The maximum absolute atomic E-state index is 13.5. The average Bonchev–Trinajstić information content (AvgIpc) is 2.63. The van der Waals surface area contributed by atoms with Gasteiger partial charge in [0.1, 0.15) is 23.3 Å². The van der Waals surface area contributed by atoms with Gasteiger partial charge in [0.25, 0.3) is 0 Å². The molecule has 9 nitrogen and oxygen atoms in total. The fraction of sp³-hybridized carbons (Fsp3) is 0.650. The van der Waals surface area contributed by atoms with Gasteiger partial charge in [-0.2, -0.15) is 0 Å². The van der Waals surface area contributed by atoms with Crippen LogP contribution >= 0.6 is 0 Å². The highest BCUT2D eigenvalue weighted by atomic mass is 19.1. The number of aliphatic hydroxyl groups excluding tert-OH is 1. The molecule has 0 saturated carbocycles. The zero-order chi connectivity index (χ0) is 23.3. The molecule has 0 spiro atoms. The number of benzene rings is 1. The van der Waals surface area contributed by atoms with Crippen molar-refractivity contribution < 1.29 is 37.8 Å². The minimum Gasteiger partial charge on any atom is -0.444 e. The van der Waals surface area contributed by atoms with Crippen LogP contribution in [0, 0.1) is 21.7 Å². The predicted octanol–water partition coefficient (Wildman–Crippen LogP) is 2.51. The maximum atomic E-state index is 13.5. The summed E-state index contributed by atoms with van der Waals surface area (Å²) < 4.78 is 43.3. The smallest absolute Gasteiger partial charge is 0.410 e. The summed E-state index contributed by atoms with van der Waals surface area (Å²) in [6.45, 7) is 6.68. The molecule has 1 aliphatic heterocycles. The van der Waals surface area contributed by atoms with Crippen LogP contribution in [-0.4, -0.2) is 70.9 Å². The van der Waals surface area contributed by atoms with Crippen molar-refractivity contribution in [2.45, 2.75) is 64.2 Å². The Morgan fingerprint density at radius 2 is 1.97 bits per heavy atom. The highest BCUT2D eigenvalue weighted by Crippen LogP contribution is 2.23. The molecule has 1 aromatic carbocycles. The first-order chi connectivity index (χ1) is 14.4. The molecule has 1 amide bonds. The number of amides is 1. The molecule has 0 radical (unpaired) electrons. The Bertz CT molecular complexity index is 767. The SMILES string of the molecule is CCO[C@H]1CN(C(=O)OC(C)(C)C)C([C@@H](O)[C@H](Cc2cc(F)cc(F)c2)[N+](=O)[O-])CO1. The first-order valence-corrected chi connectivity index (χ1v) is 9.90. The van der Waals surface area contributed by atoms with Gasteiger partial charge in [-0.25, -0.2) is 13.6 Å². The first kappa shape index (κ1) is 24.9. The third-order valence-corrected chi connectivity index (χ3v) is 4.61. The molecule has 1 unspecified atom stereocenters. The van der Waals surface area contributed by atoms with Crippen LogP contribution in [0.4, 0.5) is 13.6 Å². The lowest BCUT2D eigenvalue weighted by atomic mass is 9.95. The molecular formula is C20H28F2N2O7. The monoisotopic (exact) mass is 446 g/mol. The normalized spacial score (nSPS) is 21.5. The topological polar surface area (TPSA) is 111 Å². The van der Waals surface area contributed by atoms with Crippen LogP contribution < -0.4 is 0 Å². The molecule has 1 heterocycles. The summed E-state index contributed by atoms with van der Waals surface area (Å²) in [4.78, 5) is 24.8. The Kier molecular flexibility index (Phi) is 8.27. The van der Waals surface area contributed by atoms with Crippen LogP contribution in [0.5, 0.6) is 0 Å². The Hall–Kier alpha value is -2.37. The Morgan fingerprint density at radius 1 is 1.35 bits per heavy atom. The molecule has 0 aromatic heterocycles. The summed E-state index contributed by atoms with van der Waals surface area (Å²) in [7, 11) is 0. The number of hydrogen-bond donors (Lipinski definition) is 1. The molecule has 174 valence electrons. The second-order valence-electron chi connectivity index (χ2n) is 8.24. The fourth-order valence-corrected chi connectivity index (χ4v) is 3.29. The molecule has 1 N–H and O–H groups in total. The van der Waals surface area contributed by atoms with Crippen molar-refractivity contribution in [3.05, 3.63) is 45.5 Å². The van der Waals surface area contributed by atoms with Crippen LogP contribution in [0.25, 0.3) is 0 Å². The molecule has 31 heavy (non-hydrogen) atoms. The van der Waals surface area contributed by atoms with E-state index in [1.165, 1.54) is 0 Å². The van der Waals surface area contributed by atoms with Gasteiger partial charge in [0.2, 0.25) is 6.04 Å². The average molecular weight is 446 g/mol. The lowest BCUT2D eigenvalue weighted by Crippen LogP contribution is -2.61. The summed E-state index contributed by atoms with van der Waals surface area (Å²) >= 11 is 0. The van der Waals surface area contributed by atoms with Crippen molar-refractivity contribution in [2.75, 3.05) is 19.8 Å². The Morgan fingerprint density at radius 3 is 2.48 bits per heavy atom. The van der Waals surface area contributed by atoms with Gasteiger partial charge in [-0.05, 0) is 45.4 Å². The molecule has 0 bridgehead atoms. The Balaban J connectivity index is 2.27. The van der Waals surface area contributed by atoms with Crippen LogP contribution in [0.1, 0.15) is 33.3 Å². The quantitative estimate of drug-likeness (QED) is 0.506. The van der Waals surface area contributed by atoms with Crippen LogP contribution in [0.2, 0.25) is 0 Å². The third-order valence-electron chi connectivity index (χ3n) is 4.61. The third kappa shape index (κ3) is 7.08. The van der Waals surface area contributed by atoms with Gasteiger partial charge >= 0.3 is 6.09 Å². The van der Waals surface area contributed by atoms with E-state index < -0.39 is 59.2 Å². The summed E-state index contributed by atoms with van der Waals surface area (Å²) in [5, 5.41) is 22.5. The number of ether oxygens (including phenoxy) is 3. The summed E-state index contributed by atoms with van der Waals surface area (Å²) in [5.41, 5.74) is -0.834. The standard InChI is InChI=1S/C20H28F2N2O7/c1-5-29-17-10-23(19(26)31-20(2,3)4)16(11-30-17)18(25)15(24(27)28)8-12-6-13(21)9-14(22)7-12/h6-7,9,15-18,25H,5,8,10-11H2,1-4H3/t15-,16?,17+,18-/m0/s1. The van der Waals surface area contributed by atoms with E-state index >= 15 is 0 Å². The molecule has 1 saturated heterocycles. The van der Waals surface area contributed by atoms with Crippen molar-refractivity contribution >= 4 is 6.09 Å². The molecule has 1 aromatic rings. The number of aliphatic hydroxyl groups is 1. The first-order valence-electron chi connectivity index (χ1n) is 9.90. The molecule has 1 aliphatic rings. The van der Waals surface area contributed by atoms with E-state index in [0.29, 0.717) is 12.7 Å². The minimum absolute atomic E-state index is 0.00555. The lowest BCUT2D eigenvalue weighted by Gasteiger charge is -2.41. The van der Waals surface area contributed by atoms with Gasteiger partial charge in [0.05, 0.1) is 19.2 Å². The fourth-order valence-electron chi connectivity index (χ4n) is 3.29. The van der Waals surface area contributed by atoms with E-state index in [4.69, 9.17) is 14.2 Å². The van der Waals surface area contributed by atoms with Crippen molar-refractivity contribution in [3.63, 3.8) is 0 Å².